The fraction of sp³-hybridized carbons (Fsp3) is 0.909. The van der Waals surface area contributed by atoms with E-state index < -0.39 is 9.84 Å². The zero-order chi connectivity index (χ0) is 11.1. The number of hydrogen-bond donors (Lipinski definition) is 0. The van der Waals surface area contributed by atoms with E-state index in [0.29, 0.717) is 23.3 Å². The molecule has 0 amide bonds. The second kappa shape index (κ2) is 3.48. The molecule has 1 saturated heterocycles. The van der Waals surface area contributed by atoms with Gasteiger partial charge in [0.15, 0.2) is 0 Å². The summed E-state index contributed by atoms with van der Waals surface area (Å²) in [5, 5.41) is 8.90. The monoisotopic (exact) mass is 227 g/mol. The van der Waals surface area contributed by atoms with Gasteiger partial charge in [0.25, 0.3) is 0 Å². The van der Waals surface area contributed by atoms with Crippen molar-refractivity contribution in [3.05, 3.63) is 0 Å². The molecule has 15 heavy (non-hydrogen) atoms. The number of hydrogen-bond acceptors (Lipinski definition) is 3. The quantitative estimate of drug-likeness (QED) is 0.722. The maximum absolute atomic E-state index is 11.2. The molecule has 0 radical (unpaired) electrons. The van der Waals surface area contributed by atoms with Crippen molar-refractivity contribution in [1.29, 1.82) is 5.26 Å². The molecule has 0 aromatic rings. The number of nitriles is 1. The molecule has 1 aliphatic heterocycles. The van der Waals surface area contributed by atoms with Crippen molar-refractivity contribution >= 4 is 9.84 Å². The summed E-state index contributed by atoms with van der Waals surface area (Å²) in [6, 6.07) is 2.35. The van der Waals surface area contributed by atoms with Crippen LogP contribution in [0, 0.1) is 28.6 Å². The third-order valence-corrected chi connectivity index (χ3v) is 5.67. The highest BCUT2D eigenvalue weighted by Crippen LogP contribution is 2.55. The summed E-state index contributed by atoms with van der Waals surface area (Å²) in [6.45, 7) is 2.01. The van der Waals surface area contributed by atoms with Gasteiger partial charge in [0.05, 0.1) is 23.0 Å². The Morgan fingerprint density at radius 2 is 2.00 bits per heavy atom. The summed E-state index contributed by atoms with van der Waals surface area (Å²) in [5.74, 6) is 1.77. The molecular formula is C11H17NO2S. The summed E-state index contributed by atoms with van der Waals surface area (Å²) in [5.41, 5.74) is -0.101. The predicted octanol–water partition coefficient (Wildman–Crippen LogP) is 1.75. The molecule has 0 aromatic carbocycles. The average molecular weight is 227 g/mol. The highest BCUT2D eigenvalue weighted by atomic mass is 32.2. The second-order valence-electron chi connectivity index (χ2n) is 5.26. The van der Waals surface area contributed by atoms with Crippen molar-refractivity contribution in [3.63, 3.8) is 0 Å². The van der Waals surface area contributed by atoms with Crippen molar-refractivity contribution < 1.29 is 8.42 Å². The maximum Gasteiger partial charge on any atom is 0.150 e. The minimum Gasteiger partial charge on any atom is -0.229 e. The Hall–Kier alpha value is -0.560. The fourth-order valence-corrected chi connectivity index (χ4v) is 4.10. The minimum atomic E-state index is -2.73. The molecule has 2 atom stereocenters. The van der Waals surface area contributed by atoms with E-state index in [1.165, 1.54) is 0 Å². The van der Waals surface area contributed by atoms with Crippen molar-refractivity contribution in [1.82, 2.24) is 0 Å². The van der Waals surface area contributed by atoms with E-state index in [2.05, 4.69) is 6.07 Å². The highest BCUT2D eigenvalue weighted by molar-refractivity contribution is 7.91. The van der Waals surface area contributed by atoms with Gasteiger partial charge in [0, 0.05) is 0 Å². The van der Waals surface area contributed by atoms with Gasteiger partial charge in [-0.15, -0.1) is 0 Å². The van der Waals surface area contributed by atoms with Crippen LogP contribution in [0.5, 0.6) is 0 Å². The van der Waals surface area contributed by atoms with Crippen LogP contribution in [0.2, 0.25) is 0 Å². The van der Waals surface area contributed by atoms with Gasteiger partial charge in [0.1, 0.15) is 9.84 Å². The van der Waals surface area contributed by atoms with Crippen molar-refractivity contribution in [2.45, 2.75) is 32.6 Å². The van der Waals surface area contributed by atoms with Gasteiger partial charge >= 0.3 is 0 Å². The Morgan fingerprint density at radius 1 is 1.40 bits per heavy atom. The molecule has 1 aliphatic carbocycles. The molecule has 1 saturated carbocycles. The summed E-state index contributed by atoms with van der Waals surface area (Å²) in [4.78, 5) is 0. The normalized spacial score (nSPS) is 39.6. The molecule has 3 nitrogen and oxygen atoms in total. The van der Waals surface area contributed by atoms with Crippen LogP contribution in [-0.2, 0) is 9.84 Å². The van der Waals surface area contributed by atoms with Gasteiger partial charge in [-0.2, -0.15) is 5.26 Å². The molecular weight excluding hydrogens is 210 g/mol. The van der Waals surface area contributed by atoms with Crippen LogP contribution < -0.4 is 0 Å². The Bertz CT molecular complexity index is 381. The summed E-state index contributed by atoms with van der Waals surface area (Å²) >= 11 is 0. The van der Waals surface area contributed by atoms with Crippen LogP contribution in [0.4, 0.5) is 0 Å². The largest absolute Gasteiger partial charge is 0.229 e. The zero-order valence-electron chi connectivity index (χ0n) is 9.07. The molecule has 0 aromatic heterocycles. The van der Waals surface area contributed by atoms with Crippen molar-refractivity contribution in [2.24, 2.45) is 17.3 Å². The first kappa shape index (κ1) is 10.9. The van der Waals surface area contributed by atoms with Crippen molar-refractivity contribution in [2.75, 3.05) is 11.5 Å². The smallest absolute Gasteiger partial charge is 0.150 e. The van der Waals surface area contributed by atoms with E-state index >= 15 is 0 Å². The maximum atomic E-state index is 11.2. The summed E-state index contributed by atoms with van der Waals surface area (Å²) in [7, 11) is -2.73. The van der Waals surface area contributed by atoms with Gasteiger partial charge in [-0.05, 0) is 44.4 Å². The Labute approximate surface area is 91.4 Å². The lowest BCUT2D eigenvalue weighted by molar-refractivity contribution is 0.394. The molecule has 4 heteroatoms. The molecule has 0 bridgehead atoms. The molecule has 0 N–H and O–H groups in total. The minimum absolute atomic E-state index is 0.101. The molecule has 2 rings (SSSR count). The van der Waals surface area contributed by atoms with Gasteiger partial charge in [-0.3, -0.25) is 0 Å². The molecule has 84 valence electrons. The molecule has 2 fully saturated rings. The van der Waals surface area contributed by atoms with Crippen LogP contribution in [0.25, 0.3) is 0 Å². The Balaban J connectivity index is 1.82. The Morgan fingerprint density at radius 3 is 2.47 bits per heavy atom. The first-order valence-electron chi connectivity index (χ1n) is 5.57. The van der Waals surface area contributed by atoms with E-state index in [-0.39, 0.29) is 5.41 Å². The van der Waals surface area contributed by atoms with Crippen molar-refractivity contribution in [3.8, 4) is 6.07 Å². The molecule has 0 spiro atoms. The fourth-order valence-electron chi connectivity index (χ4n) is 2.51. The van der Waals surface area contributed by atoms with Crippen LogP contribution in [0.3, 0.4) is 0 Å². The van der Waals surface area contributed by atoms with Gasteiger partial charge in [0.2, 0.25) is 0 Å². The average Bonchev–Trinajstić information content (AvgIpc) is 2.82. The first-order valence-corrected chi connectivity index (χ1v) is 7.39. The predicted molar refractivity (Wildman–Crippen MR) is 57.8 cm³/mol. The van der Waals surface area contributed by atoms with E-state index in [1.807, 2.05) is 6.92 Å². The van der Waals surface area contributed by atoms with Gasteiger partial charge in [-0.1, -0.05) is 0 Å². The third kappa shape index (κ3) is 2.34. The Kier molecular flexibility index (Phi) is 2.54. The second-order valence-corrected chi connectivity index (χ2v) is 7.56. The lowest BCUT2D eigenvalue weighted by atomic mass is 9.93. The molecule has 1 heterocycles. The van der Waals surface area contributed by atoms with Gasteiger partial charge in [-0.25, -0.2) is 8.42 Å². The van der Waals surface area contributed by atoms with E-state index in [0.717, 1.165) is 25.7 Å². The van der Waals surface area contributed by atoms with Crippen LogP contribution in [0.1, 0.15) is 32.6 Å². The topological polar surface area (TPSA) is 57.9 Å². The summed E-state index contributed by atoms with van der Waals surface area (Å²) < 4.78 is 22.5. The number of nitrogens with zero attached hydrogens (tertiary/aromatic N) is 1. The summed E-state index contributed by atoms with van der Waals surface area (Å²) in [6.07, 6.45) is 3.67. The SMILES string of the molecule is CC1(C#N)CC1CC1CCS(=O)(=O)CC1. The highest BCUT2D eigenvalue weighted by Gasteiger charge is 2.51. The number of sulfone groups is 1. The number of rotatable bonds is 2. The third-order valence-electron chi connectivity index (χ3n) is 3.96. The molecule has 2 aliphatic rings. The lowest BCUT2D eigenvalue weighted by Gasteiger charge is -2.21. The van der Waals surface area contributed by atoms with E-state index in [1.54, 1.807) is 0 Å². The first-order chi connectivity index (χ1) is 6.95. The lowest BCUT2D eigenvalue weighted by Crippen LogP contribution is -2.23. The standard InChI is InChI=1S/C11H17NO2S/c1-11(8-12)7-10(11)6-9-2-4-15(13,14)5-3-9/h9-10H,2-7H2,1H3. The molecule has 2 unspecified atom stereocenters. The van der Waals surface area contributed by atoms with Crippen LogP contribution in [0.15, 0.2) is 0 Å². The van der Waals surface area contributed by atoms with Gasteiger partial charge < -0.3 is 0 Å². The zero-order valence-corrected chi connectivity index (χ0v) is 9.89. The van der Waals surface area contributed by atoms with Crippen LogP contribution >= 0.6 is 0 Å². The van der Waals surface area contributed by atoms with Crippen LogP contribution in [-0.4, -0.2) is 19.9 Å². The van der Waals surface area contributed by atoms with E-state index in [9.17, 15) is 8.42 Å². The van der Waals surface area contributed by atoms with E-state index in [4.69, 9.17) is 5.26 Å².